The molecule has 136 valence electrons. The number of halogens is 1. The van der Waals surface area contributed by atoms with Crippen molar-refractivity contribution in [2.24, 2.45) is 0 Å². The molecule has 1 amide bonds. The van der Waals surface area contributed by atoms with Gasteiger partial charge >= 0.3 is 0 Å². The molecule has 1 N–H and O–H groups in total. The van der Waals surface area contributed by atoms with Crippen molar-refractivity contribution in [3.05, 3.63) is 51.8 Å². The summed E-state index contributed by atoms with van der Waals surface area (Å²) in [5, 5.41) is 22.6. The molecule has 2 aromatic rings. The molecule has 1 aliphatic carbocycles. The third-order valence-electron chi connectivity index (χ3n) is 3.76. The number of nitro groups is 1. The van der Waals surface area contributed by atoms with E-state index in [1.807, 2.05) is 4.57 Å². The van der Waals surface area contributed by atoms with Crippen molar-refractivity contribution in [3.8, 4) is 0 Å². The van der Waals surface area contributed by atoms with Crippen molar-refractivity contribution in [3.63, 3.8) is 0 Å². The number of thioether (sulfide) groups is 1. The molecule has 1 saturated carbocycles. The first-order valence-corrected chi connectivity index (χ1v) is 9.26. The molecule has 1 aromatic carbocycles. The van der Waals surface area contributed by atoms with Crippen molar-refractivity contribution in [1.82, 2.24) is 14.8 Å². The molecule has 1 aromatic heterocycles. The Bertz CT molecular complexity index is 866. The molecule has 0 bridgehead atoms. The monoisotopic (exact) mass is 393 g/mol. The van der Waals surface area contributed by atoms with Gasteiger partial charge in [-0.3, -0.25) is 14.9 Å². The average Bonchev–Trinajstić information content (AvgIpc) is 3.37. The number of nitrogens with one attached hydrogen (secondary N) is 1. The second kappa shape index (κ2) is 7.88. The van der Waals surface area contributed by atoms with Gasteiger partial charge in [0.15, 0.2) is 5.16 Å². The van der Waals surface area contributed by atoms with Crippen LogP contribution in [-0.2, 0) is 11.3 Å². The molecule has 1 heterocycles. The van der Waals surface area contributed by atoms with E-state index in [4.69, 9.17) is 11.6 Å². The number of benzene rings is 1. The van der Waals surface area contributed by atoms with Crippen molar-refractivity contribution >= 4 is 40.6 Å². The van der Waals surface area contributed by atoms with Crippen molar-refractivity contribution in [2.45, 2.75) is 30.5 Å². The summed E-state index contributed by atoms with van der Waals surface area (Å²) in [5.74, 6) is 1.19. The lowest BCUT2D eigenvalue weighted by Crippen LogP contribution is -2.15. The number of hydrogen-bond acceptors (Lipinski definition) is 6. The predicted molar refractivity (Wildman–Crippen MR) is 99.7 cm³/mol. The van der Waals surface area contributed by atoms with Crippen LogP contribution in [0.25, 0.3) is 0 Å². The maximum absolute atomic E-state index is 12.2. The lowest BCUT2D eigenvalue weighted by molar-refractivity contribution is -0.384. The van der Waals surface area contributed by atoms with Gasteiger partial charge in [0.05, 0.1) is 10.7 Å². The van der Waals surface area contributed by atoms with E-state index in [0.717, 1.165) is 18.7 Å². The first-order valence-electron chi connectivity index (χ1n) is 7.90. The van der Waals surface area contributed by atoms with Gasteiger partial charge in [-0.1, -0.05) is 29.4 Å². The first kappa shape index (κ1) is 18.4. The Morgan fingerprint density at radius 2 is 2.27 bits per heavy atom. The van der Waals surface area contributed by atoms with Gasteiger partial charge in [0, 0.05) is 24.2 Å². The van der Waals surface area contributed by atoms with Gasteiger partial charge in [0.1, 0.15) is 10.8 Å². The summed E-state index contributed by atoms with van der Waals surface area (Å²) >= 11 is 7.03. The normalized spacial score (nSPS) is 13.4. The minimum atomic E-state index is -0.593. The van der Waals surface area contributed by atoms with Crippen LogP contribution in [0.4, 0.5) is 11.4 Å². The first-order chi connectivity index (χ1) is 12.5. The van der Waals surface area contributed by atoms with Gasteiger partial charge < -0.3 is 9.88 Å². The Balaban J connectivity index is 1.63. The highest BCUT2D eigenvalue weighted by atomic mass is 35.5. The van der Waals surface area contributed by atoms with E-state index >= 15 is 0 Å². The van der Waals surface area contributed by atoms with Crippen LogP contribution >= 0.6 is 23.4 Å². The van der Waals surface area contributed by atoms with Gasteiger partial charge in [-0.05, 0) is 25.0 Å². The van der Waals surface area contributed by atoms with E-state index in [2.05, 4.69) is 22.1 Å². The molecule has 10 heteroatoms. The minimum Gasteiger partial charge on any atom is -0.325 e. The third-order valence-corrected chi connectivity index (χ3v) is 5.04. The minimum absolute atomic E-state index is 0.0208. The molecule has 0 saturated heterocycles. The molecule has 0 unspecified atom stereocenters. The fourth-order valence-corrected chi connectivity index (χ4v) is 3.35. The maximum atomic E-state index is 12.2. The molecule has 3 rings (SSSR count). The molecule has 1 fully saturated rings. The van der Waals surface area contributed by atoms with E-state index in [1.165, 1.54) is 30.0 Å². The molecule has 0 aliphatic heterocycles. The number of rotatable bonds is 8. The number of anilines is 1. The van der Waals surface area contributed by atoms with Gasteiger partial charge in [0.2, 0.25) is 5.91 Å². The van der Waals surface area contributed by atoms with Crippen LogP contribution in [0, 0.1) is 10.1 Å². The Morgan fingerprint density at radius 3 is 2.92 bits per heavy atom. The molecule has 8 nitrogen and oxygen atoms in total. The molecule has 26 heavy (non-hydrogen) atoms. The smallest absolute Gasteiger partial charge is 0.289 e. The highest BCUT2D eigenvalue weighted by Crippen LogP contribution is 2.40. The summed E-state index contributed by atoms with van der Waals surface area (Å²) in [6.45, 7) is 4.34. The molecule has 1 aliphatic rings. The van der Waals surface area contributed by atoms with Crippen LogP contribution in [0.5, 0.6) is 0 Å². The molecular formula is C16H16ClN5O3S. The number of nitro benzene ring substituents is 1. The van der Waals surface area contributed by atoms with E-state index in [0.29, 0.717) is 23.3 Å². The van der Waals surface area contributed by atoms with Crippen molar-refractivity contribution in [2.75, 3.05) is 11.1 Å². The average molecular weight is 394 g/mol. The van der Waals surface area contributed by atoms with Crippen molar-refractivity contribution < 1.29 is 9.72 Å². The Kier molecular flexibility index (Phi) is 5.58. The van der Waals surface area contributed by atoms with Gasteiger partial charge in [-0.15, -0.1) is 16.8 Å². The van der Waals surface area contributed by atoms with Crippen LogP contribution in [-0.4, -0.2) is 31.3 Å². The van der Waals surface area contributed by atoms with Crippen LogP contribution < -0.4 is 5.32 Å². The van der Waals surface area contributed by atoms with Gasteiger partial charge in [0.25, 0.3) is 5.69 Å². The molecule has 0 radical (unpaired) electrons. The standard InChI is InChI=1S/C16H16ClN5O3S/c1-2-7-21-15(10-3-4-10)19-20-16(21)26-9-14(23)18-11-5-6-12(17)13(8-11)22(24)25/h2,5-6,8,10H,1,3-4,7,9H2,(H,18,23). The zero-order chi connectivity index (χ0) is 18.7. The number of allylic oxidation sites excluding steroid dienone is 1. The predicted octanol–water partition coefficient (Wildman–Crippen LogP) is 3.63. The maximum Gasteiger partial charge on any atom is 0.289 e. The van der Waals surface area contributed by atoms with E-state index in [1.54, 1.807) is 6.08 Å². The van der Waals surface area contributed by atoms with E-state index in [9.17, 15) is 14.9 Å². The fourth-order valence-electron chi connectivity index (χ4n) is 2.41. The Labute approximate surface area is 158 Å². The summed E-state index contributed by atoms with van der Waals surface area (Å²) < 4.78 is 1.97. The number of aromatic nitrogens is 3. The molecule has 0 atom stereocenters. The number of carbonyl (C=O) groups excluding carboxylic acids is 1. The van der Waals surface area contributed by atoms with Crippen LogP contribution in [0.15, 0.2) is 36.0 Å². The topological polar surface area (TPSA) is 103 Å². The van der Waals surface area contributed by atoms with E-state index in [-0.39, 0.29) is 22.4 Å². The SMILES string of the molecule is C=CCn1c(SCC(=O)Nc2ccc(Cl)c([N+](=O)[O-])c2)nnc1C1CC1. The van der Waals surface area contributed by atoms with Crippen LogP contribution in [0.2, 0.25) is 5.02 Å². The van der Waals surface area contributed by atoms with Crippen molar-refractivity contribution in [1.29, 1.82) is 0 Å². The summed E-state index contributed by atoms with van der Waals surface area (Å²) in [6.07, 6.45) is 3.98. The summed E-state index contributed by atoms with van der Waals surface area (Å²) in [5.41, 5.74) is 0.0647. The summed E-state index contributed by atoms with van der Waals surface area (Å²) in [4.78, 5) is 22.5. The zero-order valence-corrected chi connectivity index (χ0v) is 15.3. The van der Waals surface area contributed by atoms with Crippen LogP contribution in [0.3, 0.4) is 0 Å². The second-order valence-corrected chi connectivity index (χ2v) is 7.12. The quantitative estimate of drug-likeness (QED) is 0.318. The number of hydrogen-bond donors (Lipinski definition) is 1. The highest BCUT2D eigenvalue weighted by Gasteiger charge is 2.30. The van der Waals surface area contributed by atoms with Crippen LogP contribution in [0.1, 0.15) is 24.6 Å². The fraction of sp³-hybridized carbons (Fsp3) is 0.312. The lowest BCUT2D eigenvalue weighted by Gasteiger charge is -2.08. The number of amides is 1. The lowest BCUT2D eigenvalue weighted by atomic mass is 10.3. The highest BCUT2D eigenvalue weighted by molar-refractivity contribution is 7.99. The Hall–Kier alpha value is -2.39. The summed E-state index contributed by atoms with van der Waals surface area (Å²) in [7, 11) is 0. The summed E-state index contributed by atoms with van der Waals surface area (Å²) in [6, 6.07) is 4.13. The third kappa shape index (κ3) is 4.23. The Morgan fingerprint density at radius 1 is 1.50 bits per heavy atom. The van der Waals surface area contributed by atoms with E-state index < -0.39 is 4.92 Å². The number of nitrogens with zero attached hydrogens (tertiary/aromatic N) is 4. The van der Waals surface area contributed by atoms with Gasteiger partial charge in [-0.2, -0.15) is 0 Å². The zero-order valence-electron chi connectivity index (χ0n) is 13.7. The number of carbonyl (C=O) groups is 1. The second-order valence-electron chi connectivity index (χ2n) is 5.77. The largest absolute Gasteiger partial charge is 0.325 e. The van der Waals surface area contributed by atoms with Gasteiger partial charge in [-0.25, -0.2) is 0 Å². The molecule has 0 spiro atoms. The molecular weight excluding hydrogens is 378 g/mol.